The van der Waals surface area contributed by atoms with Crippen LogP contribution in [0.2, 0.25) is 0 Å². The normalized spacial score (nSPS) is 17.3. The number of carbonyl (C=O) groups excluding carboxylic acids is 2. The molecule has 0 fully saturated rings. The van der Waals surface area contributed by atoms with Crippen molar-refractivity contribution in [2.24, 2.45) is 11.0 Å². The molecule has 116 valence electrons. The van der Waals surface area contributed by atoms with Crippen molar-refractivity contribution in [3.63, 3.8) is 0 Å². The van der Waals surface area contributed by atoms with Crippen LogP contribution in [0, 0.1) is 12.8 Å². The number of para-hydroxylation sites is 1. The quantitative estimate of drug-likeness (QED) is 0.815. The van der Waals surface area contributed by atoms with Gasteiger partial charge in [-0.2, -0.15) is 10.1 Å². The van der Waals surface area contributed by atoms with Gasteiger partial charge in [-0.25, -0.2) is 0 Å². The van der Waals surface area contributed by atoms with E-state index >= 15 is 0 Å². The molecule has 1 aliphatic rings. The first-order valence-electron chi connectivity index (χ1n) is 7.59. The number of nitrogens with zero attached hydrogens (tertiary/aromatic N) is 2. The van der Waals surface area contributed by atoms with Crippen molar-refractivity contribution >= 4 is 23.1 Å². The van der Waals surface area contributed by atoms with Crippen molar-refractivity contribution in [2.45, 2.75) is 20.3 Å². The lowest BCUT2D eigenvalue weighted by Crippen LogP contribution is -2.32. The van der Waals surface area contributed by atoms with E-state index in [4.69, 9.17) is 0 Å². The fourth-order valence-electron chi connectivity index (χ4n) is 2.80. The average Bonchev–Trinajstić information content (AvgIpc) is 2.87. The zero-order chi connectivity index (χ0) is 16.4. The zero-order valence-electron chi connectivity index (χ0n) is 13.2. The molecule has 4 heteroatoms. The predicted molar refractivity (Wildman–Crippen MR) is 90.4 cm³/mol. The summed E-state index contributed by atoms with van der Waals surface area (Å²) in [6, 6.07) is 17.2. The Kier molecular flexibility index (Phi) is 4.06. The van der Waals surface area contributed by atoms with Gasteiger partial charge < -0.3 is 0 Å². The first-order chi connectivity index (χ1) is 11.1. The number of Topliss-reactive ketones (excluding diaryl/α,β-unsaturated/α-hetero) is 1. The molecular formula is C19H18N2O2. The number of benzene rings is 2. The molecule has 0 bridgehead atoms. The van der Waals surface area contributed by atoms with E-state index in [2.05, 4.69) is 5.10 Å². The molecule has 0 saturated carbocycles. The van der Waals surface area contributed by atoms with E-state index in [1.54, 1.807) is 0 Å². The van der Waals surface area contributed by atoms with Crippen molar-refractivity contribution in [1.82, 2.24) is 0 Å². The number of ketones is 1. The summed E-state index contributed by atoms with van der Waals surface area (Å²) in [7, 11) is 0. The van der Waals surface area contributed by atoms with Gasteiger partial charge in [0.1, 0.15) is 11.7 Å². The molecule has 23 heavy (non-hydrogen) atoms. The lowest BCUT2D eigenvalue weighted by molar-refractivity contribution is -0.127. The third-order valence-corrected chi connectivity index (χ3v) is 4.06. The first-order valence-corrected chi connectivity index (χ1v) is 7.59. The van der Waals surface area contributed by atoms with Gasteiger partial charge in [0.05, 0.1) is 11.4 Å². The van der Waals surface area contributed by atoms with E-state index in [-0.39, 0.29) is 11.7 Å². The number of amides is 1. The standard InChI is InChI=1S/C19H18N2O2/c1-13-8-6-7-9-15(13)12-17-18(14(2)22)19(23)21(20-17)16-10-4-3-5-11-16/h3-11,18H,12H2,1-2H3. The topological polar surface area (TPSA) is 49.7 Å². The van der Waals surface area contributed by atoms with Crippen LogP contribution in [0.3, 0.4) is 0 Å². The Morgan fingerprint density at radius 3 is 2.39 bits per heavy atom. The van der Waals surface area contributed by atoms with Gasteiger partial charge in [0.25, 0.3) is 5.91 Å². The summed E-state index contributed by atoms with van der Waals surface area (Å²) in [6.45, 7) is 3.47. The number of aryl methyl sites for hydroxylation is 1. The molecule has 0 aromatic heterocycles. The first kappa shape index (κ1) is 15.2. The van der Waals surface area contributed by atoms with E-state index in [9.17, 15) is 9.59 Å². The second-order valence-corrected chi connectivity index (χ2v) is 5.72. The maximum absolute atomic E-state index is 12.6. The van der Waals surface area contributed by atoms with Gasteiger partial charge in [0, 0.05) is 6.42 Å². The number of hydrazone groups is 1. The molecule has 1 atom stereocenters. The van der Waals surface area contributed by atoms with Crippen LogP contribution in [0.25, 0.3) is 0 Å². The van der Waals surface area contributed by atoms with Crippen molar-refractivity contribution in [3.05, 3.63) is 65.7 Å². The molecule has 1 amide bonds. The Morgan fingerprint density at radius 2 is 1.74 bits per heavy atom. The van der Waals surface area contributed by atoms with Gasteiger partial charge in [-0.15, -0.1) is 0 Å². The number of hydrogen-bond acceptors (Lipinski definition) is 3. The van der Waals surface area contributed by atoms with Crippen molar-refractivity contribution < 1.29 is 9.59 Å². The maximum atomic E-state index is 12.6. The molecule has 0 radical (unpaired) electrons. The Bertz CT molecular complexity index is 781. The van der Waals surface area contributed by atoms with E-state index < -0.39 is 5.92 Å². The Labute approximate surface area is 135 Å². The van der Waals surface area contributed by atoms with Gasteiger partial charge in [0.15, 0.2) is 0 Å². The van der Waals surface area contributed by atoms with Crippen LogP contribution < -0.4 is 5.01 Å². The van der Waals surface area contributed by atoms with Crippen molar-refractivity contribution in [1.29, 1.82) is 0 Å². The van der Waals surface area contributed by atoms with E-state index in [0.717, 1.165) is 11.1 Å². The second kappa shape index (κ2) is 6.16. The van der Waals surface area contributed by atoms with Crippen LogP contribution >= 0.6 is 0 Å². The number of anilines is 1. The monoisotopic (exact) mass is 306 g/mol. The molecule has 0 N–H and O–H groups in total. The lowest BCUT2D eigenvalue weighted by atomic mass is 9.92. The number of carbonyl (C=O) groups is 2. The summed E-state index contributed by atoms with van der Waals surface area (Å²) in [5.74, 6) is -1.22. The van der Waals surface area contributed by atoms with Crippen molar-refractivity contribution in [2.75, 3.05) is 5.01 Å². The van der Waals surface area contributed by atoms with Crippen LogP contribution in [-0.4, -0.2) is 17.4 Å². The SMILES string of the molecule is CC(=O)C1C(=O)N(c2ccccc2)N=C1Cc1ccccc1C. The van der Waals surface area contributed by atoms with E-state index in [1.807, 2.05) is 61.5 Å². The Hall–Kier alpha value is -2.75. The van der Waals surface area contributed by atoms with Crippen LogP contribution in [0.1, 0.15) is 18.1 Å². The number of rotatable bonds is 4. The Morgan fingerprint density at radius 1 is 1.09 bits per heavy atom. The molecule has 1 unspecified atom stereocenters. The Balaban J connectivity index is 1.97. The predicted octanol–water partition coefficient (Wildman–Crippen LogP) is 3.15. The minimum Gasteiger partial charge on any atom is -0.299 e. The molecule has 1 heterocycles. The zero-order valence-corrected chi connectivity index (χ0v) is 13.2. The highest BCUT2D eigenvalue weighted by molar-refractivity contribution is 6.27. The highest BCUT2D eigenvalue weighted by atomic mass is 16.2. The van der Waals surface area contributed by atoms with Gasteiger partial charge in [-0.05, 0) is 37.1 Å². The smallest absolute Gasteiger partial charge is 0.263 e. The maximum Gasteiger partial charge on any atom is 0.263 e. The van der Waals surface area contributed by atoms with Crippen LogP contribution in [-0.2, 0) is 16.0 Å². The minimum absolute atomic E-state index is 0.166. The van der Waals surface area contributed by atoms with Crippen molar-refractivity contribution in [3.8, 4) is 0 Å². The van der Waals surface area contributed by atoms with Gasteiger partial charge in [0.2, 0.25) is 0 Å². The van der Waals surface area contributed by atoms with Crippen LogP contribution in [0.15, 0.2) is 59.7 Å². The molecule has 0 spiro atoms. The van der Waals surface area contributed by atoms with Gasteiger partial charge in [-0.3, -0.25) is 9.59 Å². The molecule has 2 aromatic carbocycles. The minimum atomic E-state index is -0.783. The summed E-state index contributed by atoms with van der Waals surface area (Å²) >= 11 is 0. The van der Waals surface area contributed by atoms with Gasteiger partial charge >= 0.3 is 0 Å². The molecule has 2 aromatic rings. The third kappa shape index (κ3) is 2.93. The molecule has 3 rings (SSSR count). The van der Waals surface area contributed by atoms with E-state index in [0.29, 0.717) is 17.8 Å². The van der Waals surface area contributed by atoms with Crippen LogP contribution in [0.4, 0.5) is 5.69 Å². The summed E-state index contributed by atoms with van der Waals surface area (Å²) in [5.41, 5.74) is 3.51. The largest absolute Gasteiger partial charge is 0.299 e. The fraction of sp³-hybridized carbons (Fsp3) is 0.211. The average molecular weight is 306 g/mol. The molecule has 4 nitrogen and oxygen atoms in total. The lowest BCUT2D eigenvalue weighted by Gasteiger charge is -2.12. The summed E-state index contributed by atoms with van der Waals surface area (Å²) in [4.78, 5) is 24.6. The van der Waals surface area contributed by atoms with E-state index in [1.165, 1.54) is 11.9 Å². The van der Waals surface area contributed by atoms with Gasteiger partial charge in [-0.1, -0.05) is 42.5 Å². The molecule has 0 aliphatic carbocycles. The van der Waals surface area contributed by atoms with Crippen LogP contribution in [0.5, 0.6) is 0 Å². The highest BCUT2D eigenvalue weighted by Crippen LogP contribution is 2.26. The summed E-state index contributed by atoms with van der Waals surface area (Å²) in [5, 5.41) is 5.80. The molecule has 1 aliphatic heterocycles. The number of hydrogen-bond donors (Lipinski definition) is 0. The summed E-state index contributed by atoms with van der Waals surface area (Å²) in [6.07, 6.45) is 0.506. The summed E-state index contributed by atoms with van der Waals surface area (Å²) < 4.78 is 0. The fourth-order valence-corrected chi connectivity index (χ4v) is 2.80. The third-order valence-electron chi connectivity index (χ3n) is 4.06. The molecular weight excluding hydrogens is 288 g/mol. The highest BCUT2D eigenvalue weighted by Gasteiger charge is 2.39. The second-order valence-electron chi connectivity index (χ2n) is 5.72. The molecule has 0 saturated heterocycles.